The van der Waals surface area contributed by atoms with Gasteiger partial charge in [0.05, 0.1) is 6.54 Å². The summed E-state index contributed by atoms with van der Waals surface area (Å²) in [5, 5.41) is 11.6. The predicted molar refractivity (Wildman–Crippen MR) is 68.7 cm³/mol. The van der Waals surface area contributed by atoms with Gasteiger partial charge in [0.25, 0.3) is 0 Å². The molecule has 0 aromatic rings. The van der Waals surface area contributed by atoms with E-state index in [2.05, 4.69) is 5.32 Å². The minimum atomic E-state index is -4.99. The molecule has 0 aliphatic heterocycles. The van der Waals surface area contributed by atoms with Crippen molar-refractivity contribution in [2.45, 2.75) is 24.8 Å². The van der Waals surface area contributed by atoms with Crippen molar-refractivity contribution in [2.24, 2.45) is 5.73 Å². The lowest BCUT2D eigenvalue weighted by molar-refractivity contribution is -0.119. The minimum Gasteiger partial charge on any atom is -0.372 e. The summed E-state index contributed by atoms with van der Waals surface area (Å²) >= 11 is 0. The van der Waals surface area contributed by atoms with Crippen molar-refractivity contribution in [3.8, 4) is 0 Å². The molecule has 0 aromatic carbocycles. The van der Waals surface area contributed by atoms with Gasteiger partial charge in [-0.05, 0) is 12.8 Å². The Hall–Kier alpha value is -0.270. The van der Waals surface area contributed by atoms with Crippen molar-refractivity contribution in [1.82, 2.24) is 5.32 Å². The zero-order valence-electron chi connectivity index (χ0n) is 10.3. The highest BCUT2D eigenvalue weighted by Gasteiger charge is 2.41. The first-order valence-electron chi connectivity index (χ1n) is 5.63. The van der Waals surface area contributed by atoms with Crippen LogP contribution in [-0.4, -0.2) is 50.5 Å². The van der Waals surface area contributed by atoms with Gasteiger partial charge in [0.1, 0.15) is 0 Å². The molecule has 7 N–H and O–H groups in total. The number of amides is 1. The van der Waals surface area contributed by atoms with E-state index in [-0.39, 0.29) is 25.0 Å². The van der Waals surface area contributed by atoms with Crippen molar-refractivity contribution in [2.75, 3.05) is 19.3 Å². The molecule has 0 spiro atoms. The van der Waals surface area contributed by atoms with Crippen LogP contribution in [0.25, 0.3) is 0 Å². The number of rotatable bonds is 9. The molecule has 2 unspecified atom stereocenters. The molecular weight excluding hydrogens is 298 g/mol. The van der Waals surface area contributed by atoms with Crippen LogP contribution in [0.1, 0.15) is 19.3 Å². The average molecular weight is 318 g/mol. The standard InChI is InChI=1S/C8H20N2O7P2/c9-6-7(11)10-4-2-1-3-5-18(13,14)8(12)19(15,16)17/h8,12H,1-6,9H2,(H,10,11)(H,13,14)(H2,15,16,17). The molecule has 0 radical (unpaired) electrons. The summed E-state index contributed by atoms with van der Waals surface area (Å²) in [7, 11) is -9.28. The molecule has 0 saturated heterocycles. The molecule has 0 heterocycles. The SMILES string of the molecule is NCC(=O)NCCCCCP(=O)(O)C(O)P(=O)(O)O. The summed E-state index contributed by atoms with van der Waals surface area (Å²) < 4.78 is 22.1. The van der Waals surface area contributed by atoms with Crippen LogP contribution in [0.5, 0.6) is 0 Å². The van der Waals surface area contributed by atoms with E-state index in [4.69, 9.17) is 20.6 Å². The van der Waals surface area contributed by atoms with E-state index in [1.54, 1.807) is 0 Å². The fraction of sp³-hybridized carbons (Fsp3) is 0.875. The Bertz CT molecular complexity index is 383. The van der Waals surface area contributed by atoms with Crippen LogP contribution in [0.2, 0.25) is 0 Å². The van der Waals surface area contributed by atoms with Crippen LogP contribution in [0.3, 0.4) is 0 Å². The number of aliphatic hydroxyl groups excluding tert-OH is 1. The molecule has 11 heteroatoms. The van der Waals surface area contributed by atoms with E-state index in [9.17, 15) is 18.8 Å². The van der Waals surface area contributed by atoms with E-state index >= 15 is 0 Å². The van der Waals surface area contributed by atoms with Crippen molar-refractivity contribution < 1.29 is 33.7 Å². The van der Waals surface area contributed by atoms with Gasteiger partial charge in [-0.1, -0.05) is 6.42 Å². The molecular formula is C8H20N2O7P2. The van der Waals surface area contributed by atoms with Crippen LogP contribution in [0.4, 0.5) is 0 Å². The Labute approximate surface area is 110 Å². The fourth-order valence-corrected chi connectivity index (χ4v) is 4.43. The van der Waals surface area contributed by atoms with Gasteiger partial charge < -0.3 is 30.8 Å². The first kappa shape index (κ1) is 18.7. The Morgan fingerprint density at radius 3 is 2.21 bits per heavy atom. The second kappa shape index (κ2) is 8.11. The van der Waals surface area contributed by atoms with E-state index in [1.165, 1.54) is 0 Å². The molecule has 0 saturated carbocycles. The topological polar surface area (TPSA) is 170 Å². The highest BCUT2D eigenvalue weighted by Crippen LogP contribution is 2.60. The maximum absolute atomic E-state index is 11.5. The Balaban J connectivity index is 3.91. The van der Waals surface area contributed by atoms with E-state index < -0.39 is 20.6 Å². The second-order valence-corrected chi connectivity index (χ2v) is 8.55. The smallest absolute Gasteiger partial charge is 0.363 e. The Morgan fingerprint density at radius 2 is 1.74 bits per heavy atom. The van der Waals surface area contributed by atoms with Gasteiger partial charge in [0.2, 0.25) is 18.9 Å². The van der Waals surface area contributed by atoms with Gasteiger partial charge in [-0.2, -0.15) is 0 Å². The fourth-order valence-electron chi connectivity index (χ4n) is 1.29. The van der Waals surface area contributed by atoms with E-state index in [0.717, 1.165) is 0 Å². The molecule has 114 valence electrons. The number of nitrogens with one attached hydrogen (secondary N) is 1. The third-order valence-corrected chi connectivity index (χ3v) is 6.59. The molecule has 0 rings (SSSR count). The zero-order valence-corrected chi connectivity index (χ0v) is 12.1. The maximum Gasteiger partial charge on any atom is 0.363 e. The minimum absolute atomic E-state index is 0.111. The predicted octanol–water partition coefficient (Wildman–Crippen LogP) is -1.04. The normalized spacial score (nSPS) is 16.7. The van der Waals surface area contributed by atoms with Crippen LogP contribution in [0, 0.1) is 0 Å². The monoisotopic (exact) mass is 318 g/mol. The third-order valence-electron chi connectivity index (χ3n) is 2.32. The Morgan fingerprint density at radius 1 is 1.16 bits per heavy atom. The molecule has 2 atom stereocenters. The van der Waals surface area contributed by atoms with Crippen LogP contribution >= 0.6 is 15.0 Å². The molecule has 0 fully saturated rings. The number of unbranched alkanes of at least 4 members (excludes halogenated alkanes) is 2. The van der Waals surface area contributed by atoms with Gasteiger partial charge in [-0.3, -0.25) is 13.9 Å². The van der Waals surface area contributed by atoms with Crippen molar-refractivity contribution in [1.29, 1.82) is 0 Å². The Kier molecular flexibility index (Phi) is 8.00. The molecule has 0 aliphatic rings. The first-order chi connectivity index (χ1) is 8.61. The summed E-state index contributed by atoms with van der Waals surface area (Å²) in [5.41, 5.74) is 2.53. The number of hydrogen-bond donors (Lipinski definition) is 6. The van der Waals surface area contributed by atoms with Gasteiger partial charge in [-0.15, -0.1) is 0 Å². The van der Waals surface area contributed by atoms with Gasteiger partial charge in [0, 0.05) is 12.7 Å². The maximum atomic E-state index is 11.5. The van der Waals surface area contributed by atoms with Crippen molar-refractivity contribution in [3.63, 3.8) is 0 Å². The summed E-state index contributed by atoms with van der Waals surface area (Å²) in [6, 6.07) is 0. The summed E-state index contributed by atoms with van der Waals surface area (Å²) in [4.78, 5) is 37.3. The highest BCUT2D eigenvalue weighted by molar-refractivity contribution is 7.73. The lowest BCUT2D eigenvalue weighted by Crippen LogP contribution is -2.30. The quantitative estimate of drug-likeness (QED) is 0.231. The molecule has 0 aliphatic carbocycles. The summed E-state index contributed by atoms with van der Waals surface area (Å²) in [6.07, 6.45) is 0.842. The van der Waals surface area contributed by atoms with Gasteiger partial charge in [-0.25, -0.2) is 0 Å². The zero-order chi connectivity index (χ0) is 15.1. The molecule has 1 amide bonds. The van der Waals surface area contributed by atoms with Gasteiger partial charge >= 0.3 is 7.60 Å². The largest absolute Gasteiger partial charge is 0.372 e. The number of carbonyl (C=O) groups excluding carboxylic acids is 1. The molecule has 0 aromatic heterocycles. The van der Waals surface area contributed by atoms with Crippen molar-refractivity contribution in [3.05, 3.63) is 0 Å². The lowest BCUT2D eigenvalue weighted by Gasteiger charge is -2.18. The molecule has 9 nitrogen and oxygen atoms in total. The number of aliphatic hydroxyl groups is 1. The van der Waals surface area contributed by atoms with Crippen molar-refractivity contribution >= 4 is 20.9 Å². The van der Waals surface area contributed by atoms with E-state index in [0.29, 0.717) is 19.4 Å². The summed E-state index contributed by atoms with van der Waals surface area (Å²) in [6.45, 7) is 0.257. The number of nitrogens with two attached hydrogens (primary N) is 1. The number of hydrogen-bond acceptors (Lipinski definition) is 5. The van der Waals surface area contributed by atoms with E-state index in [1.807, 2.05) is 0 Å². The number of carbonyl (C=O) groups is 1. The first-order valence-corrected chi connectivity index (χ1v) is 9.22. The van der Waals surface area contributed by atoms with Crippen LogP contribution in [0.15, 0.2) is 0 Å². The highest BCUT2D eigenvalue weighted by atomic mass is 31.2. The molecule has 19 heavy (non-hydrogen) atoms. The third kappa shape index (κ3) is 7.79. The van der Waals surface area contributed by atoms with Gasteiger partial charge in [0.15, 0.2) is 0 Å². The van der Waals surface area contributed by atoms with Crippen LogP contribution < -0.4 is 11.1 Å². The van der Waals surface area contributed by atoms with Crippen LogP contribution in [-0.2, 0) is 13.9 Å². The lowest BCUT2D eigenvalue weighted by atomic mass is 10.2. The second-order valence-electron chi connectivity index (χ2n) is 4.03. The summed E-state index contributed by atoms with van der Waals surface area (Å²) in [5.74, 6) is -0.301. The molecule has 0 bridgehead atoms. The average Bonchev–Trinajstić information content (AvgIpc) is 2.30.